The highest BCUT2D eigenvalue weighted by atomic mass is 32.1. The molecule has 2 nitrogen and oxygen atoms in total. The molecule has 0 bridgehead atoms. The molecule has 1 spiro atoms. The maximum atomic E-state index is 3.96. The lowest BCUT2D eigenvalue weighted by Crippen LogP contribution is -2.69. The number of thiophene rings is 1. The molecule has 1 N–H and O–H groups in total. The second-order valence-corrected chi connectivity index (χ2v) is 7.89. The Kier molecular flexibility index (Phi) is 4.72. The van der Waals surface area contributed by atoms with Crippen molar-refractivity contribution >= 4 is 11.3 Å². The van der Waals surface area contributed by atoms with Gasteiger partial charge in [-0.1, -0.05) is 33.1 Å². The number of hydrogen-bond acceptors (Lipinski definition) is 3. The number of rotatable bonds is 4. The molecule has 2 heterocycles. The second kappa shape index (κ2) is 6.39. The van der Waals surface area contributed by atoms with Gasteiger partial charge in [0.05, 0.1) is 0 Å². The Labute approximate surface area is 133 Å². The molecule has 21 heavy (non-hydrogen) atoms. The molecule has 0 amide bonds. The number of piperazine rings is 1. The highest BCUT2D eigenvalue weighted by molar-refractivity contribution is 7.07. The summed E-state index contributed by atoms with van der Waals surface area (Å²) in [5, 5.41) is 8.51. The molecule has 3 heteroatoms. The molecule has 1 aromatic rings. The van der Waals surface area contributed by atoms with E-state index in [1.807, 2.05) is 11.3 Å². The largest absolute Gasteiger partial charge is 0.308 e. The molecule has 3 rings (SSSR count). The minimum absolute atomic E-state index is 0.332. The maximum absolute atomic E-state index is 3.96. The van der Waals surface area contributed by atoms with E-state index in [4.69, 9.17) is 0 Å². The van der Waals surface area contributed by atoms with Crippen molar-refractivity contribution in [2.45, 2.75) is 76.4 Å². The summed E-state index contributed by atoms with van der Waals surface area (Å²) in [5.74, 6) is 0. The van der Waals surface area contributed by atoms with Crippen LogP contribution in [0.1, 0.15) is 64.4 Å². The average molecular weight is 307 g/mol. The third-order valence-electron chi connectivity index (χ3n) is 6.05. The monoisotopic (exact) mass is 306 g/mol. The van der Waals surface area contributed by atoms with Gasteiger partial charge < -0.3 is 5.32 Å². The van der Waals surface area contributed by atoms with Crippen molar-refractivity contribution in [1.82, 2.24) is 10.2 Å². The van der Waals surface area contributed by atoms with Crippen LogP contribution in [0.25, 0.3) is 0 Å². The van der Waals surface area contributed by atoms with Crippen LogP contribution < -0.4 is 5.32 Å². The van der Waals surface area contributed by atoms with Gasteiger partial charge in [0.15, 0.2) is 0 Å². The zero-order valence-electron chi connectivity index (χ0n) is 13.7. The van der Waals surface area contributed by atoms with E-state index in [1.165, 1.54) is 63.6 Å². The first-order valence-corrected chi connectivity index (χ1v) is 9.67. The fraction of sp³-hybridized carbons (Fsp3) is 0.778. The Balaban J connectivity index is 1.82. The highest BCUT2D eigenvalue weighted by Crippen LogP contribution is 2.39. The predicted molar refractivity (Wildman–Crippen MR) is 91.9 cm³/mol. The Morgan fingerprint density at radius 2 is 1.95 bits per heavy atom. The fourth-order valence-corrected chi connectivity index (χ4v) is 4.97. The fourth-order valence-electron chi connectivity index (χ4n) is 4.31. The first-order valence-electron chi connectivity index (χ1n) is 8.73. The van der Waals surface area contributed by atoms with Gasteiger partial charge in [0.25, 0.3) is 0 Å². The van der Waals surface area contributed by atoms with E-state index >= 15 is 0 Å². The summed E-state index contributed by atoms with van der Waals surface area (Å²) in [5.41, 5.74) is 2.26. The van der Waals surface area contributed by atoms with Crippen molar-refractivity contribution < 1.29 is 0 Å². The molecule has 0 aromatic carbocycles. The third-order valence-corrected chi connectivity index (χ3v) is 6.78. The number of nitrogens with one attached hydrogen (secondary N) is 1. The van der Waals surface area contributed by atoms with E-state index in [1.54, 1.807) is 0 Å². The lowest BCUT2D eigenvalue weighted by atomic mass is 9.75. The summed E-state index contributed by atoms with van der Waals surface area (Å²) < 4.78 is 0. The van der Waals surface area contributed by atoms with E-state index in [0.717, 1.165) is 6.54 Å². The molecule has 0 unspecified atom stereocenters. The van der Waals surface area contributed by atoms with E-state index in [9.17, 15) is 0 Å². The van der Waals surface area contributed by atoms with Gasteiger partial charge in [-0.3, -0.25) is 4.90 Å². The van der Waals surface area contributed by atoms with Gasteiger partial charge in [0.1, 0.15) is 0 Å². The maximum Gasteiger partial charge on any atom is 0.0338 e. The van der Waals surface area contributed by atoms with E-state index < -0.39 is 0 Å². The number of nitrogens with zero attached hydrogens (tertiary/aromatic N) is 1. The first-order chi connectivity index (χ1) is 10.2. The lowest BCUT2D eigenvalue weighted by Gasteiger charge is -2.56. The Morgan fingerprint density at radius 3 is 2.57 bits per heavy atom. The molecule has 0 atom stereocenters. The molecular formula is C18H30N2S. The second-order valence-electron chi connectivity index (χ2n) is 7.11. The van der Waals surface area contributed by atoms with Crippen molar-refractivity contribution in [2.75, 3.05) is 13.1 Å². The molecule has 1 aliphatic heterocycles. The summed E-state index contributed by atoms with van der Waals surface area (Å²) in [6, 6.07) is 2.31. The Bertz CT molecular complexity index is 430. The van der Waals surface area contributed by atoms with Crippen molar-refractivity contribution in [3.05, 3.63) is 22.4 Å². The van der Waals surface area contributed by atoms with Gasteiger partial charge in [-0.25, -0.2) is 0 Å². The van der Waals surface area contributed by atoms with Crippen molar-refractivity contribution in [2.24, 2.45) is 0 Å². The van der Waals surface area contributed by atoms with E-state index in [-0.39, 0.29) is 0 Å². The van der Waals surface area contributed by atoms with Gasteiger partial charge in [-0.2, -0.15) is 11.3 Å². The van der Waals surface area contributed by atoms with Crippen LogP contribution >= 0.6 is 11.3 Å². The van der Waals surface area contributed by atoms with Gasteiger partial charge in [0.2, 0.25) is 0 Å². The van der Waals surface area contributed by atoms with Crippen LogP contribution in [0.15, 0.2) is 16.8 Å². The zero-order valence-corrected chi connectivity index (χ0v) is 14.5. The van der Waals surface area contributed by atoms with E-state index in [0.29, 0.717) is 11.1 Å². The average Bonchev–Trinajstić information content (AvgIpc) is 3.04. The summed E-state index contributed by atoms with van der Waals surface area (Å²) in [7, 11) is 0. The molecule has 1 aliphatic carbocycles. The first kappa shape index (κ1) is 15.5. The minimum atomic E-state index is 0.332. The molecule has 2 fully saturated rings. The van der Waals surface area contributed by atoms with Crippen LogP contribution in [0, 0.1) is 0 Å². The van der Waals surface area contributed by atoms with Crippen molar-refractivity contribution in [3.63, 3.8) is 0 Å². The molecule has 0 radical (unpaired) electrons. The topological polar surface area (TPSA) is 15.3 Å². The van der Waals surface area contributed by atoms with Crippen LogP contribution in [-0.2, 0) is 6.54 Å². The molecule has 1 saturated heterocycles. The summed E-state index contributed by atoms with van der Waals surface area (Å²) in [6.45, 7) is 8.25. The van der Waals surface area contributed by atoms with Gasteiger partial charge in [-0.15, -0.1) is 0 Å². The zero-order chi connectivity index (χ0) is 14.8. The van der Waals surface area contributed by atoms with Crippen LogP contribution in [0.4, 0.5) is 0 Å². The summed E-state index contributed by atoms with van der Waals surface area (Å²) >= 11 is 1.83. The van der Waals surface area contributed by atoms with Crippen molar-refractivity contribution in [3.8, 4) is 0 Å². The molecule has 2 aliphatic rings. The summed E-state index contributed by atoms with van der Waals surface area (Å²) in [6.07, 6.45) is 9.49. The van der Waals surface area contributed by atoms with Gasteiger partial charge >= 0.3 is 0 Å². The minimum Gasteiger partial charge on any atom is -0.308 e. The van der Waals surface area contributed by atoms with Gasteiger partial charge in [-0.05, 0) is 48.1 Å². The van der Waals surface area contributed by atoms with E-state index in [2.05, 4.69) is 40.9 Å². The smallest absolute Gasteiger partial charge is 0.0338 e. The quantitative estimate of drug-likeness (QED) is 0.886. The number of hydrogen-bond donors (Lipinski definition) is 1. The van der Waals surface area contributed by atoms with Crippen LogP contribution in [0.2, 0.25) is 0 Å². The summed E-state index contributed by atoms with van der Waals surface area (Å²) in [4.78, 5) is 2.84. The lowest BCUT2D eigenvalue weighted by molar-refractivity contribution is -0.0276. The molecular weight excluding hydrogens is 276 g/mol. The van der Waals surface area contributed by atoms with Crippen molar-refractivity contribution in [1.29, 1.82) is 0 Å². The van der Waals surface area contributed by atoms with Crippen LogP contribution in [0.5, 0.6) is 0 Å². The third kappa shape index (κ3) is 3.06. The molecule has 1 aromatic heterocycles. The van der Waals surface area contributed by atoms with Gasteiger partial charge in [0, 0.05) is 30.7 Å². The highest BCUT2D eigenvalue weighted by Gasteiger charge is 2.46. The van der Waals surface area contributed by atoms with Crippen LogP contribution in [0.3, 0.4) is 0 Å². The van der Waals surface area contributed by atoms with Crippen LogP contribution in [-0.4, -0.2) is 29.1 Å². The Morgan fingerprint density at radius 1 is 1.19 bits per heavy atom. The predicted octanol–water partition coefficient (Wildman–Crippen LogP) is 4.42. The standard InChI is InChI=1S/C18H30N2S/c1-3-17(4-2)15-20(12-16-8-11-21-13-16)18(14-19-17)9-6-5-7-10-18/h8,11,13,19H,3-7,9-10,12,14-15H2,1-2H3. The SMILES string of the molecule is CCC1(CC)CN(Cc2ccsc2)C2(CCCCC2)CN1. The normalized spacial score (nSPS) is 25.2. The molecule has 1 saturated carbocycles. The Hall–Kier alpha value is -0.380. The molecule has 118 valence electrons.